The van der Waals surface area contributed by atoms with Gasteiger partial charge in [-0.15, -0.1) is 0 Å². The van der Waals surface area contributed by atoms with E-state index in [-0.39, 0.29) is 17.6 Å². The van der Waals surface area contributed by atoms with Gasteiger partial charge >= 0.3 is 11.7 Å². The van der Waals surface area contributed by atoms with E-state index in [4.69, 9.17) is 5.11 Å². The number of carboxylic acids is 1. The van der Waals surface area contributed by atoms with E-state index >= 15 is 0 Å². The third-order valence-electron chi connectivity index (χ3n) is 3.97. The van der Waals surface area contributed by atoms with Crippen molar-refractivity contribution < 1.29 is 14.8 Å². The van der Waals surface area contributed by atoms with Gasteiger partial charge in [0.25, 0.3) is 0 Å². The van der Waals surface area contributed by atoms with Crippen LogP contribution >= 0.6 is 0 Å². The van der Waals surface area contributed by atoms with E-state index in [0.29, 0.717) is 30.8 Å². The minimum atomic E-state index is -0.796. The second-order valence-electron chi connectivity index (χ2n) is 5.42. The second kappa shape index (κ2) is 6.11. The topological polar surface area (TPSA) is 110 Å². The maximum absolute atomic E-state index is 11.2. The van der Waals surface area contributed by atoms with Gasteiger partial charge in [0.15, 0.2) is 0 Å². The lowest BCUT2D eigenvalue weighted by Crippen LogP contribution is -2.31. The summed E-state index contributed by atoms with van der Waals surface area (Å²) < 4.78 is 1.47. The summed E-state index contributed by atoms with van der Waals surface area (Å²) in [5.74, 6) is -0.808. The molecule has 1 fully saturated rings. The van der Waals surface area contributed by atoms with Crippen LogP contribution in [0.25, 0.3) is 0 Å². The van der Waals surface area contributed by atoms with Crippen LogP contribution in [0.4, 0.5) is 11.5 Å². The van der Waals surface area contributed by atoms with Crippen LogP contribution in [0.5, 0.6) is 0 Å². The van der Waals surface area contributed by atoms with E-state index in [0.717, 1.165) is 12.8 Å². The van der Waals surface area contributed by atoms with Gasteiger partial charge in [-0.25, -0.2) is 4.68 Å². The molecule has 0 saturated heterocycles. The lowest BCUT2D eigenvalue weighted by molar-refractivity contribution is -0.384. The number of hydrogen-bond donors (Lipinski definition) is 2. The number of aryl methyl sites for hydroxylation is 2. The van der Waals surface area contributed by atoms with Crippen molar-refractivity contribution in [2.45, 2.75) is 45.1 Å². The van der Waals surface area contributed by atoms with Gasteiger partial charge in [-0.2, -0.15) is 5.10 Å². The van der Waals surface area contributed by atoms with Crippen LogP contribution in [-0.2, 0) is 18.3 Å². The Hall–Kier alpha value is -2.12. The molecule has 0 bridgehead atoms. The highest BCUT2D eigenvalue weighted by atomic mass is 16.6. The summed E-state index contributed by atoms with van der Waals surface area (Å²) >= 11 is 0. The smallest absolute Gasteiger partial charge is 0.333 e. The van der Waals surface area contributed by atoms with Crippen LogP contribution in [0.3, 0.4) is 0 Å². The molecule has 116 valence electrons. The number of nitrogens with zero attached hydrogens (tertiary/aromatic N) is 3. The van der Waals surface area contributed by atoms with E-state index in [1.807, 2.05) is 6.92 Å². The summed E-state index contributed by atoms with van der Waals surface area (Å²) in [4.78, 5) is 21.9. The summed E-state index contributed by atoms with van der Waals surface area (Å²) in [6, 6.07) is -0.0707. The molecule has 2 N–H and O–H groups in total. The maximum atomic E-state index is 11.2. The van der Waals surface area contributed by atoms with Gasteiger partial charge < -0.3 is 10.4 Å². The van der Waals surface area contributed by atoms with E-state index in [1.54, 1.807) is 7.05 Å². The highest BCUT2D eigenvalue weighted by molar-refractivity contribution is 5.70. The fourth-order valence-corrected chi connectivity index (χ4v) is 2.90. The molecule has 1 heterocycles. The van der Waals surface area contributed by atoms with Crippen molar-refractivity contribution in [1.29, 1.82) is 0 Å². The van der Waals surface area contributed by atoms with E-state index in [9.17, 15) is 14.9 Å². The summed E-state index contributed by atoms with van der Waals surface area (Å²) in [5, 5.41) is 27.7. The molecule has 0 spiro atoms. The van der Waals surface area contributed by atoms with Crippen LogP contribution in [-0.4, -0.2) is 31.8 Å². The monoisotopic (exact) mass is 296 g/mol. The predicted octanol–water partition coefficient (Wildman–Crippen LogP) is 1.95. The number of carbonyl (C=O) groups is 1. The number of anilines is 1. The van der Waals surface area contributed by atoms with Crippen LogP contribution < -0.4 is 5.32 Å². The molecule has 0 amide bonds. The summed E-state index contributed by atoms with van der Waals surface area (Å²) in [6.45, 7) is 1.82. The fraction of sp³-hybridized carbons (Fsp3) is 0.692. The summed E-state index contributed by atoms with van der Waals surface area (Å²) in [7, 11) is 1.66. The minimum absolute atomic E-state index is 0.00236. The SMILES string of the molecule is CCc1nn(C)c(NC2CCCC(C(=O)O)C2)c1[N+](=O)[O-]. The third-order valence-corrected chi connectivity index (χ3v) is 3.97. The quantitative estimate of drug-likeness (QED) is 0.634. The molecule has 0 aromatic carbocycles. The Balaban J connectivity index is 2.21. The first kappa shape index (κ1) is 15.3. The lowest BCUT2D eigenvalue weighted by atomic mass is 9.86. The van der Waals surface area contributed by atoms with Gasteiger partial charge in [0.1, 0.15) is 5.69 Å². The van der Waals surface area contributed by atoms with Crippen LogP contribution in [0.15, 0.2) is 0 Å². The zero-order valence-electron chi connectivity index (χ0n) is 12.2. The Bertz CT molecular complexity index is 555. The Morgan fingerprint density at radius 1 is 1.57 bits per heavy atom. The predicted molar refractivity (Wildman–Crippen MR) is 76.2 cm³/mol. The number of aromatic nitrogens is 2. The number of nitrogens with one attached hydrogen (secondary N) is 1. The average Bonchev–Trinajstić information content (AvgIpc) is 2.75. The Kier molecular flexibility index (Phi) is 4.44. The highest BCUT2D eigenvalue weighted by Gasteiger charge is 2.31. The summed E-state index contributed by atoms with van der Waals surface area (Å²) in [5.41, 5.74) is 0.438. The first-order chi connectivity index (χ1) is 9.93. The molecule has 8 heteroatoms. The molecule has 2 atom stereocenters. The van der Waals surface area contributed by atoms with E-state index < -0.39 is 10.9 Å². The molecule has 2 unspecified atom stereocenters. The molecule has 8 nitrogen and oxygen atoms in total. The highest BCUT2D eigenvalue weighted by Crippen LogP contribution is 2.32. The number of hydrogen-bond acceptors (Lipinski definition) is 5. The number of nitro groups is 1. The molecule has 1 aliphatic rings. The van der Waals surface area contributed by atoms with Crippen LogP contribution in [0, 0.1) is 16.0 Å². The van der Waals surface area contributed by atoms with Gasteiger partial charge in [0.2, 0.25) is 5.82 Å². The molecule has 0 radical (unpaired) electrons. The fourth-order valence-electron chi connectivity index (χ4n) is 2.90. The van der Waals surface area contributed by atoms with Crippen molar-refractivity contribution in [3.63, 3.8) is 0 Å². The molecule has 1 aromatic rings. The van der Waals surface area contributed by atoms with Crippen molar-refractivity contribution in [3.05, 3.63) is 15.8 Å². The van der Waals surface area contributed by atoms with Crippen molar-refractivity contribution in [3.8, 4) is 0 Å². The molecule has 1 aliphatic carbocycles. The zero-order chi connectivity index (χ0) is 15.6. The molecule has 1 aromatic heterocycles. The Morgan fingerprint density at radius 3 is 2.86 bits per heavy atom. The number of rotatable bonds is 5. The lowest BCUT2D eigenvalue weighted by Gasteiger charge is -2.27. The van der Waals surface area contributed by atoms with Crippen molar-refractivity contribution in [2.75, 3.05) is 5.32 Å². The zero-order valence-corrected chi connectivity index (χ0v) is 12.2. The molecular formula is C13H20N4O4. The molecule has 21 heavy (non-hydrogen) atoms. The third kappa shape index (κ3) is 3.14. The molecule has 1 saturated carbocycles. The molecule has 0 aliphatic heterocycles. The van der Waals surface area contributed by atoms with Crippen LogP contribution in [0.1, 0.15) is 38.3 Å². The van der Waals surface area contributed by atoms with Crippen LogP contribution in [0.2, 0.25) is 0 Å². The van der Waals surface area contributed by atoms with Gasteiger partial charge in [-0.3, -0.25) is 14.9 Å². The average molecular weight is 296 g/mol. The van der Waals surface area contributed by atoms with Gasteiger partial charge in [-0.1, -0.05) is 13.3 Å². The maximum Gasteiger partial charge on any atom is 0.333 e. The van der Waals surface area contributed by atoms with Gasteiger partial charge in [0.05, 0.1) is 10.8 Å². The first-order valence-electron chi connectivity index (χ1n) is 7.13. The Labute approximate surface area is 122 Å². The van der Waals surface area contributed by atoms with Crippen molar-refractivity contribution in [1.82, 2.24) is 9.78 Å². The van der Waals surface area contributed by atoms with Gasteiger partial charge in [-0.05, 0) is 25.7 Å². The number of aliphatic carboxylic acids is 1. The van der Waals surface area contributed by atoms with Crippen molar-refractivity contribution >= 4 is 17.5 Å². The van der Waals surface area contributed by atoms with Crippen molar-refractivity contribution in [2.24, 2.45) is 13.0 Å². The summed E-state index contributed by atoms with van der Waals surface area (Å²) in [6.07, 6.45) is 3.25. The minimum Gasteiger partial charge on any atom is -0.481 e. The second-order valence-corrected chi connectivity index (χ2v) is 5.42. The number of carboxylic acid groups (broad SMARTS) is 1. The Morgan fingerprint density at radius 2 is 2.29 bits per heavy atom. The van der Waals surface area contributed by atoms with E-state index in [2.05, 4.69) is 10.4 Å². The normalized spacial score (nSPS) is 22.0. The first-order valence-corrected chi connectivity index (χ1v) is 7.13. The van der Waals surface area contributed by atoms with Gasteiger partial charge in [0, 0.05) is 13.1 Å². The van der Waals surface area contributed by atoms with E-state index in [1.165, 1.54) is 4.68 Å². The standard InChI is InChI=1S/C13H20N4O4/c1-3-10-11(17(20)21)12(16(2)15-10)14-9-6-4-5-8(7-9)13(18)19/h8-9,14H,3-7H2,1-2H3,(H,18,19). The molecule has 2 rings (SSSR count). The largest absolute Gasteiger partial charge is 0.481 e. The molecular weight excluding hydrogens is 276 g/mol.